The molecule has 0 bridgehead atoms. The van der Waals surface area contributed by atoms with Gasteiger partial charge in [-0.15, -0.1) is 0 Å². The van der Waals surface area contributed by atoms with Crippen LogP contribution in [0.3, 0.4) is 0 Å². The van der Waals surface area contributed by atoms with E-state index in [-0.39, 0.29) is 42.1 Å². The van der Waals surface area contributed by atoms with Crippen LogP contribution in [0, 0.1) is 0 Å². The molecule has 0 radical (unpaired) electrons. The summed E-state index contributed by atoms with van der Waals surface area (Å²) in [7, 11) is 0. The van der Waals surface area contributed by atoms with E-state index in [1.165, 1.54) is 6.20 Å². The van der Waals surface area contributed by atoms with Gasteiger partial charge in [0.15, 0.2) is 5.16 Å². The van der Waals surface area contributed by atoms with Crippen LogP contribution < -0.4 is 10.5 Å². The molecule has 0 saturated heterocycles. The number of aromatic nitrogens is 2. The molecule has 0 aliphatic rings. The zero-order valence-electron chi connectivity index (χ0n) is 14.5. The number of nitrogens with two attached hydrogens (primary N) is 1. The van der Waals surface area contributed by atoms with Crippen molar-refractivity contribution < 1.29 is 23.8 Å². The fourth-order valence-electron chi connectivity index (χ4n) is 1.85. The summed E-state index contributed by atoms with van der Waals surface area (Å²) in [4.78, 5) is 31.3. The van der Waals surface area contributed by atoms with Gasteiger partial charge in [-0.2, -0.15) is 0 Å². The van der Waals surface area contributed by atoms with Crippen LogP contribution in [0.2, 0.25) is 5.02 Å². The number of anilines is 1. The lowest BCUT2D eigenvalue weighted by Crippen LogP contribution is -2.14. The number of ether oxygens (including phenoxy) is 3. The summed E-state index contributed by atoms with van der Waals surface area (Å²) in [6.07, 6.45) is 1.27. The largest absolute Gasteiger partial charge is 0.490 e. The molecule has 10 heteroatoms. The number of benzene rings is 1. The Bertz CT molecular complexity index is 806. The molecule has 0 aliphatic heterocycles. The van der Waals surface area contributed by atoms with Gasteiger partial charge in [0.1, 0.15) is 30.3 Å². The molecule has 2 N–H and O–H groups in total. The predicted octanol–water partition coefficient (Wildman–Crippen LogP) is 2.60. The highest BCUT2D eigenvalue weighted by Gasteiger charge is 2.14. The standard InChI is InChI=1S/C17H18ClN3O5S/c1-2-24-16(23)13-9-20-17(21-15(13)19)27-10-14(22)26-7-6-25-12-5-3-4-11(18)8-12/h3-5,8-9H,2,6-7,10H2,1H3,(H2,19,20,21). The Labute approximate surface area is 165 Å². The van der Waals surface area contributed by atoms with Crippen LogP contribution in [0.1, 0.15) is 17.3 Å². The first-order valence-corrected chi connectivity index (χ1v) is 9.32. The number of hydrogen-bond acceptors (Lipinski definition) is 9. The third kappa shape index (κ3) is 6.95. The summed E-state index contributed by atoms with van der Waals surface area (Å²) in [5.74, 6) is -0.459. The van der Waals surface area contributed by atoms with Crippen molar-refractivity contribution >= 4 is 41.1 Å². The van der Waals surface area contributed by atoms with Crippen molar-refractivity contribution in [2.75, 3.05) is 31.3 Å². The molecular formula is C17H18ClN3O5S. The molecule has 0 unspecified atom stereocenters. The summed E-state index contributed by atoms with van der Waals surface area (Å²) in [5, 5.41) is 0.821. The minimum atomic E-state index is -0.592. The average Bonchev–Trinajstić information content (AvgIpc) is 2.64. The van der Waals surface area contributed by atoms with Crippen molar-refractivity contribution in [3.8, 4) is 5.75 Å². The molecule has 0 aliphatic carbocycles. The normalized spacial score (nSPS) is 10.3. The van der Waals surface area contributed by atoms with E-state index in [2.05, 4.69) is 9.97 Å². The molecule has 8 nitrogen and oxygen atoms in total. The van der Waals surface area contributed by atoms with E-state index in [0.29, 0.717) is 10.8 Å². The van der Waals surface area contributed by atoms with E-state index in [4.69, 9.17) is 31.5 Å². The Morgan fingerprint density at radius 1 is 1.26 bits per heavy atom. The lowest BCUT2D eigenvalue weighted by molar-refractivity contribution is -0.141. The highest BCUT2D eigenvalue weighted by Crippen LogP contribution is 2.18. The highest BCUT2D eigenvalue weighted by atomic mass is 35.5. The van der Waals surface area contributed by atoms with Gasteiger partial charge >= 0.3 is 11.9 Å². The molecule has 0 amide bonds. The van der Waals surface area contributed by atoms with E-state index in [9.17, 15) is 9.59 Å². The number of carbonyl (C=O) groups excluding carboxylic acids is 2. The Kier molecular flexibility index (Phi) is 8.15. The molecule has 0 saturated carbocycles. The van der Waals surface area contributed by atoms with Crippen molar-refractivity contribution in [2.45, 2.75) is 12.1 Å². The topological polar surface area (TPSA) is 114 Å². The quantitative estimate of drug-likeness (QED) is 0.288. The zero-order valence-corrected chi connectivity index (χ0v) is 16.1. The first kappa shape index (κ1) is 20.8. The van der Waals surface area contributed by atoms with Gasteiger partial charge in [-0.25, -0.2) is 14.8 Å². The molecule has 1 aromatic carbocycles. The molecule has 0 spiro atoms. The third-order valence-electron chi connectivity index (χ3n) is 3.02. The maximum atomic E-state index is 11.7. The van der Waals surface area contributed by atoms with E-state index < -0.39 is 11.9 Å². The van der Waals surface area contributed by atoms with Crippen LogP contribution in [0.5, 0.6) is 5.75 Å². The smallest absolute Gasteiger partial charge is 0.343 e. The average molecular weight is 412 g/mol. The molecular weight excluding hydrogens is 394 g/mol. The van der Waals surface area contributed by atoms with Gasteiger partial charge in [-0.3, -0.25) is 4.79 Å². The molecule has 1 heterocycles. The number of carbonyl (C=O) groups is 2. The lowest BCUT2D eigenvalue weighted by Gasteiger charge is -2.08. The molecule has 144 valence electrons. The molecule has 2 aromatic rings. The van der Waals surface area contributed by atoms with Gasteiger partial charge in [-0.1, -0.05) is 29.4 Å². The van der Waals surface area contributed by atoms with Gasteiger partial charge < -0.3 is 19.9 Å². The van der Waals surface area contributed by atoms with Crippen LogP contribution in [0.25, 0.3) is 0 Å². The number of thioether (sulfide) groups is 1. The van der Waals surface area contributed by atoms with E-state index in [1.807, 2.05) is 0 Å². The second-order valence-electron chi connectivity index (χ2n) is 4.99. The fraction of sp³-hybridized carbons (Fsp3) is 0.294. The SMILES string of the molecule is CCOC(=O)c1cnc(SCC(=O)OCCOc2cccc(Cl)c2)nc1N. The van der Waals surface area contributed by atoms with Crippen LogP contribution in [0.15, 0.2) is 35.6 Å². The third-order valence-corrected chi connectivity index (χ3v) is 4.09. The first-order chi connectivity index (χ1) is 13.0. The molecule has 0 atom stereocenters. The maximum absolute atomic E-state index is 11.7. The minimum absolute atomic E-state index is 0.00460. The fourth-order valence-corrected chi connectivity index (χ4v) is 2.65. The summed E-state index contributed by atoms with van der Waals surface area (Å²) in [5.41, 5.74) is 5.80. The van der Waals surface area contributed by atoms with E-state index >= 15 is 0 Å². The molecule has 0 fully saturated rings. The minimum Gasteiger partial charge on any atom is -0.490 e. The Morgan fingerprint density at radius 3 is 2.78 bits per heavy atom. The molecule has 2 rings (SSSR count). The number of halogens is 1. The number of nitrogens with zero attached hydrogens (tertiary/aromatic N) is 2. The summed E-state index contributed by atoms with van der Waals surface area (Å²) in [6.45, 7) is 2.21. The Hall–Kier alpha value is -2.52. The number of nitrogen functional groups attached to an aromatic ring is 1. The monoisotopic (exact) mass is 411 g/mol. The van der Waals surface area contributed by atoms with Crippen LogP contribution in [0.4, 0.5) is 5.82 Å². The van der Waals surface area contributed by atoms with Gasteiger partial charge in [0, 0.05) is 11.2 Å². The van der Waals surface area contributed by atoms with Crippen molar-refractivity contribution in [1.29, 1.82) is 0 Å². The van der Waals surface area contributed by atoms with Gasteiger partial charge in [0.25, 0.3) is 0 Å². The van der Waals surface area contributed by atoms with Crippen LogP contribution >= 0.6 is 23.4 Å². The summed E-state index contributed by atoms with van der Waals surface area (Å²) < 4.78 is 15.3. The summed E-state index contributed by atoms with van der Waals surface area (Å²) >= 11 is 6.89. The van der Waals surface area contributed by atoms with Crippen LogP contribution in [-0.2, 0) is 14.3 Å². The molecule has 1 aromatic heterocycles. The number of esters is 2. The lowest BCUT2D eigenvalue weighted by atomic mass is 10.3. The predicted molar refractivity (Wildman–Crippen MR) is 101 cm³/mol. The second kappa shape index (κ2) is 10.6. The molecule has 27 heavy (non-hydrogen) atoms. The van der Waals surface area contributed by atoms with Crippen molar-refractivity contribution in [3.63, 3.8) is 0 Å². The number of hydrogen-bond donors (Lipinski definition) is 1. The van der Waals surface area contributed by atoms with Gasteiger partial charge in [-0.05, 0) is 25.1 Å². The van der Waals surface area contributed by atoms with Crippen molar-refractivity contribution in [1.82, 2.24) is 9.97 Å². The van der Waals surface area contributed by atoms with Crippen LogP contribution in [-0.4, -0.2) is 47.5 Å². The highest BCUT2D eigenvalue weighted by molar-refractivity contribution is 7.99. The summed E-state index contributed by atoms with van der Waals surface area (Å²) in [6, 6.07) is 6.92. The maximum Gasteiger partial charge on any atom is 0.343 e. The number of rotatable bonds is 9. The van der Waals surface area contributed by atoms with Gasteiger partial charge in [0.05, 0.1) is 12.4 Å². The second-order valence-corrected chi connectivity index (χ2v) is 6.37. The van der Waals surface area contributed by atoms with Crippen molar-refractivity contribution in [2.24, 2.45) is 0 Å². The van der Waals surface area contributed by atoms with Gasteiger partial charge in [0.2, 0.25) is 0 Å². The van der Waals surface area contributed by atoms with E-state index in [1.54, 1.807) is 31.2 Å². The Morgan fingerprint density at radius 2 is 2.07 bits per heavy atom. The van der Waals surface area contributed by atoms with E-state index in [0.717, 1.165) is 11.8 Å². The Balaban J connectivity index is 1.72. The first-order valence-electron chi connectivity index (χ1n) is 7.96. The van der Waals surface area contributed by atoms with Crippen molar-refractivity contribution in [3.05, 3.63) is 41.0 Å². The zero-order chi connectivity index (χ0) is 19.6.